The van der Waals surface area contributed by atoms with Crippen molar-refractivity contribution in [1.29, 1.82) is 0 Å². The number of hydrogen-bond donors (Lipinski definition) is 1. The van der Waals surface area contributed by atoms with Crippen LogP contribution >= 0.6 is 0 Å². The first-order chi connectivity index (χ1) is 12.0. The van der Waals surface area contributed by atoms with Gasteiger partial charge in [-0.1, -0.05) is 18.2 Å². The lowest BCUT2D eigenvalue weighted by atomic mass is 9.90. The normalized spacial score (nSPS) is 21.3. The van der Waals surface area contributed by atoms with Gasteiger partial charge in [0.2, 0.25) is 0 Å². The number of hydrogen-bond acceptors (Lipinski definition) is 3. The van der Waals surface area contributed by atoms with Gasteiger partial charge in [-0.2, -0.15) is 5.10 Å². The van der Waals surface area contributed by atoms with Crippen molar-refractivity contribution in [2.45, 2.75) is 26.2 Å². The number of para-hydroxylation sites is 1. The molecule has 1 aromatic carbocycles. The second-order valence-electron chi connectivity index (χ2n) is 7.14. The molecule has 1 aliphatic heterocycles. The Morgan fingerprint density at radius 2 is 1.88 bits per heavy atom. The van der Waals surface area contributed by atoms with Crippen LogP contribution in [0.4, 0.5) is 0 Å². The number of amides is 1. The van der Waals surface area contributed by atoms with Gasteiger partial charge in [-0.25, -0.2) is 4.68 Å². The van der Waals surface area contributed by atoms with Gasteiger partial charge in [0.1, 0.15) is 0 Å². The van der Waals surface area contributed by atoms with Crippen LogP contribution in [0.25, 0.3) is 5.69 Å². The lowest BCUT2D eigenvalue weighted by Crippen LogP contribution is -2.40. The minimum atomic E-state index is -0.695. The van der Waals surface area contributed by atoms with Crippen LogP contribution in [-0.4, -0.2) is 44.8 Å². The molecule has 1 N–H and O–H groups in total. The molecule has 2 heterocycles. The monoisotopic (exact) mass is 339 g/mol. The summed E-state index contributed by atoms with van der Waals surface area (Å²) in [5.74, 6) is -0.922. The maximum absolute atomic E-state index is 12.9. The number of aliphatic carboxylic acids is 1. The van der Waals surface area contributed by atoms with Crippen molar-refractivity contribution < 1.29 is 14.7 Å². The fourth-order valence-electron chi connectivity index (χ4n) is 4.02. The highest BCUT2D eigenvalue weighted by Gasteiger charge is 2.59. The van der Waals surface area contributed by atoms with Gasteiger partial charge in [0.05, 0.1) is 29.1 Å². The SMILES string of the molecule is Cc1c(C(=O)N2CCC3(CC2)C[C@@H]3C(=O)O)cnn1-c1ccccc1. The maximum atomic E-state index is 12.9. The number of nitrogens with zero attached hydrogens (tertiary/aromatic N) is 3. The molecule has 1 spiro atoms. The zero-order chi connectivity index (χ0) is 17.6. The van der Waals surface area contributed by atoms with Crippen LogP contribution in [-0.2, 0) is 4.79 Å². The number of aromatic nitrogens is 2. The molecule has 6 heteroatoms. The minimum absolute atomic E-state index is 0.0120. The molecule has 0 radical (unpaired) electrons. The molecule has 130 valence electrons. The van der Waals surface area contributed by atoms with Crippen molar-refractivity contribution in [1.82, 2.24) is 14.7 Å². The number of carboxylic acid groups (broad SMARTS) is 1. The van der Waals surface area contributed by atoms with Gasteiger partial charge < -0.3 is 10.0 Å². The van der Waals surface area contributed by atoms with Gasteiger partial charge >= 0.3 is 5.97 Å². The molecular formula is C19H21N3O3. The summed E-state index contributed by atoms with van der Waals surface area (Å²) in [7, 11) is 0. The fraction of sp³-hybridized carbons (Fsp3) is 0.421. The van der Waals surface area contributed by atoms with Crippen LogP contribution in [0.5, 0.6) is 0 Å². The number of rotatable bonds is 3. The van der Waals surface area contributed by atoms with E-state index in [1.165, 1.54) is 0 Å². The molecule has 6 nitrogen and oxygen atoms in total. The van der Waals surface area contributed by atoms with Crippen LogP contribution in [0.15, 0.2) is 36.5 Å². The Hall–Kier alpha value is -2.63. The molecule has 25 heavy (non-hydrogen) atoms. The smallest absolute Gasteiger partial charge is 0.307 e. The van der Waals surface area contributed by atoms with Gasteiger partial charge in [-0.3, -0.25) is 9.59 Å². The molecule has 1 atom stereocenters. The van der Waals surface area contributed by atoms with Crippen molar-refractivity contribution in [3.8, 4) is 5.69 Å². The van der Waals surface area contributed by atoms with Gasteiger partial charge in [0.25, 0.3) is 5.91 Å². The average molecular weight is 339 g/mol. The molecule has 1 aromatic heterocycles. The van der Waals surface area contributed by atoms with E-state index >= 15 is 0 Å². The fourth-order valence-corrected chi connectivity index (χ4v) is 4.02. The largest absolute Gasteiger partial charge is 0.481 e. The first kappa shape index (κ1) is 15.9. The number of benzene rings is 1. The number of carbonyl (C=O) groups is 2. The van der Waals surface area contributed by atoms with Crippen LogP contribution in [0, 0.1) is 18.3 Å². The second-order valence-corrected chi connectivity index (χ2v) is 7.14. The Labute approximate surface area is 146 Å². The Morgan fingerprint density at radius 1 is 1.20 bits per heavy atom. The van der Waals surface area contributed by atoms with E-state index < -0.39 is 5.97 Å². The third-order valence-corrected chi connectivity index (χ3v) is 5.78. The highest BCUT2D eigenvalue weighted by atomic mass is 16.4. The van der Waals surface area contributed by atoms with E-state index in [1.54, 1.807) is 10.9 Å². The lowest BCUT2D eigenvalue weighted by Gasteiger charge is -2.32. The molecule has 2 aliphatic rings. The maximum Gasteiger partial charge on any atom is 0.307 e. The molecule has 0 bridgehead atoms. The average Bonchev–Trinajstić information content (AvgIpc) is 3.19. The van der Waals surface area contributed by atoms with Gasteiger partial charge in [-0.15, -0.1) is 0 Å². The topological polar surface area (TPSA) is 75.4 Å². The van der Waals surface area contributed by atoms with Gasteiger partial charge in [0, 0.05) is 13.1 Å². The number of piperidine rings is 1. The van der Waals surface area contributed by atoms with Gasteiger partial charge in [0.15, 0.2) is 0 Å². The molecule has 2 aromatic rings. The van der Waals surface area contributed by atoms with Crippen molar-refractivity contribution in [2.24, 2.45) is 11.3 Å². The van der Waals surface area contributed by atoms with Crippen molar-refractivity contribution >= 4 is 11.9 Å². The Morgan fingerprint density at radius 3 is 2.48 bits per heavy atom. The van der Waals surface area contributed by atoms with Crippen LogP contribution in [0.1, 0.15) is 35.3 Å². The second kappa shape index (κ2) is 5.72. The standard InChI is InChI=1S/C19H21N3O3/c1-13-15(12-20-22(13)14-5-3-2-4-6-14)17(23)21-9-7-19(8-10-21)11-16(19)18(24)25/h2-6,12,16H,7-11H2,1H3,(H,24,25)/t16-/m1/s1. The minimum Gasteiger partial charge on any atom is -0.481 e. The van der Waals surface area contributed by atoms with E-state index in [1.807, 2.05) is 42.2 Å². The molecule has 2 fully saturated rings. The zero-order valence-corrected chi connectivity index (χ0v) is 14.2. The highest BCUT2D eigenvalue weighted by Crippen LogP contribution is 2.59. The quantitative estimate of drug-likeness (QED) is 0.932. The third kappa shape index (κ3) is 2.62. The van der Waals surface area contributed by atoms with E-state index in [4.69, 9.17) is 0 Å². The molecule has 1 saturated carbocycles. The van der Waals surface area contributed by atoms with E-state index in [2.05, 4.69) is 5.10 Å². The van der Waals surface area contributed by atoms with Crippen molar-refractivity contribution in [2.75, 3.05) is 13.1 Å². The number of likely N-dealkylation sites (tertiary alicyclic amines) is 1. The molecule has 4 rings (SSSR count). The van der Waals surface area contributed by atoms with Crippen molar-refractivity contribution in [3.63, 3.8) is 0 Å². The summed E-state index contributed by atoms with van der Waals surface area (Å²) in [6.07, 6.45) is 3.95. The van der Waals surface area contributed by atoms with E-state index in [0.29, 0.717) is 18.7 Å². The van der Waals surface area contributed by atoms with E-state index in [9.17, 15) is 14.7 Å². The predicted molar refractivity (Wildman–Crippen MR) is 91.6 cm³/mol. The molecule has 0 unspecified atom stereocenters. The summed E-state index contributed by atoms with van der Waals surface area (Å²) in [6, 6.07) is 9.74. The zero-order valence-electron chi connectivity index (χ0n) is 14.2. The lowest BCUT2D eigenvalue weighted by molar-refractivity contribution is -0.139. The predicted octanol–water partition coefficient (Wildman–Crippen LogP) is 2.51. The van der Waals surface area contributed by atoms with E-state index in [0.717, 1.165) is 30.6 Å². The highest BCUT2D eigenvalue weighted by molar-refractivity contribution is 5.95. The Balaban J connectivity index is 1.48. The van der Waals surface area contributed by atoms with Crippen LogP contribution < -0.4 is 0 Å². The van der Waals surface area contributed by atoms with Crippen LogP contribution in [0.3, 0.4) is 0 Å². The van der Waals surface area contributed by atoms with E-state index in [-0.39, 0.29) is 17.2 Å². The Bertz CT molecular complexity index is 820. The summed E-state index contributed by atoms with van der Waals surface area (Å²) < 4.78 is 1.78. The van der Waals surface area contributed by atoms with Crippen molar-refractivity contribution in [3.05, 3.63) is 47.8 Å². The molecular weight excluding hydrogens is 318 g/mol. The summed E-state index contributed by atoms with van der Waals surface area (Å²) in [5, 5.41) is 13.5. The summed E-state index contributed by atoms with van der Waals surface area (Å²) in [4.78, 5) is 25.9. The van der Waals surface area contributed by atoms with Gasteiger partial charge in [-0.05, 0) is 43.7 Å². The first-order valence-electron chi connectivity index (χ1n) is 8.64. The molecule has 1 aliphatic carbocycles. The first-order valence-corrected chi connectivity index (χ1v) is 8.64. The number of carboxylic acids is 1. The van der Waals surface area contributed by atoms with Crippen LogP contribution in [0.2, 0.25) is 0 Å². The molecule has 1 saturated heterocycles. The Kier molecular flexibility index (Phi) is 3.63. The molecule has 1 amide bonds. The summed E-state index contributed by atoms with van der Waals surface area (Å²) >= 11 is 0. The number of carbonyl (C=O) groups excluding carboxylic acids is 1. The third-order valence-electron chi connectivity index (χ3n) is 5.78. The summed E-state index contributed by atoms with van der Waals surface area (Å²) in [6.45, 7) is 3.15. The summed E-state index contributed by atoms with van der Waals surface area (Å²) in [5.41, 5.74) is 2.31.